The van der Waals surface area contributed by atoms with E-state index in [0.717, 1.165) is 0 Å². The second kappa shape index (κ2) is 6.71. The number of alkyl halides is 1. The Bertz CT molecular complexity index is 640. The molecule has 112 valence electrons. The normalized spacial score (nSPS) is 12.3. The average Bonchev–Trinajstić information content (AvgIpc) is 2.37. The van der Waals surface area contributed by atoms with Gasteiger partial charge < -0.3 is 4.74 Å². The van der Waals surface area contributed by atoms with Gasteiger partial charge in [-0.1, -0.05) is 22.0 Å². The summed E-state index contributed by atoms with van der Waals surface area (Å²) in [7, 11) is 0. The fourth-order valence-corrected chi connectivity index (χ4v) is 3.04. The first kappa shape index (κ1) is 16.2. The molecule has 0 aliphatic carbocycles. The van der Waals surface area contributed by atoms with Gasteiger partial charge in [-0.2, -0.15) is 0 Å². The van der Waals surface area contributed by atoms with Crippen LogP contribution in [0, 0.1) is 17.5 Å². The second-order valence-corrected chi connectivity index (χ2v) is 5.55. The molecule has 0 saturated carbocycles. The molecular weight excluding hydrogens is 369 g/mol. The summed E-state index contributed by atoms with van der Waals surface area (Å²) in [5.74, 6) is -2.41. The van der Waals surface area contributed by atoms with Gasteiger partial charge in [0.1, 0.15) is 23.2 Å². The van der Waals surface area contributed by atoms with Gasteiger partial charge in [-0.05, 0) is 24.6 Å². The quantitative estimate of drug-likeness (QED) is 0.629. The number of halogens is 5. The fraction of sp³-hybridized carbons (Fsp3) is 0.200. The molecule has 0 amide bonds. The van der Waals surface area contributed by atoms with E-state index in [9.17, 15) is 13.2 Å². The third-order valence-electron chi connectivity index (χ3n) is 2.85. The Morgan fingerprint density at radius 1 is 1.14 bits per heavy atom. The summed E-state index contributed by atoms with van der Waals surface area (Å²) in [5, 5.41) is -1.09. The van der Waals surface area contributed by atoms with E-state index >= 15 is 0 Å². The van der Waals surface area contributed by atoms with Crippen LogP contribution >= 0.6 is 27.5 Å². The molecule has 0 aromatic heterocycles. The molecule has 0 aliphatic rings. The van der Waals surface area contributed by atoms with Crippen molar-refractivity contribution in [1.29, 1.82) is 0 Å². The molecule has 0 radical (unpaired) electrons. The van der Waals surface area contributed by atoms with Crippen LogP contribution in [0.25, 0.3) is 0 Å². The van der Waals surface area contributed by atoms with E-state index < -0.39 is 22.8 Å². The molecule has 21 heavy (non-hydrogen) atoms. The number of hydrogen-bond acceptors (Lipinski definition) is 1. The summed E-state index contributed by atoms with van der Waals surface area (Å²) in [5.41, 5.74) is 0.0763. The van der Waals surface area contributed by atoms with Gasteiger partial charge in [-0.25, -0.2) is 13.2 Å². The SMILES string of the molecule is CCOc1ccc(C(Cl)c2c(F)cc(F)cc2F)c(Br)c1. The highest BCUT2D eigenvalue weighted by Gasteiger charge is 2.23. The third-order valence-corrected chi connectivity index (χ3v) is 3.99. The summed E-state index contributed by atoms with van der Waals surface area (Å²) in [6, 6.07) is 6.13. The van der Waals surface area contributed by atoms with Gasteiger partial charge in [-0.15, -0.1) is 11.6 Å². The van der Waals surface area contributed by atoms with E-state index in [-0.39, 0.29) is 5.56 Å². The Morgan fingerprint density at radius 2 is 1.76 bits per heavy atom. The van der Waals surface area contributed by atoms with E-state index in [1.54, 1.807) is 18.2 Å². The lowest BCUT2D eigenvalue weighted by molar-refractivity contribution is 0.340. The van der Waals surface area contributed by atoms with E-state index in [2.05, 4.69) is 15.9 Å². The molecule has 0 N–H and O–H groups in total. The smallest absolute Gasteiger partial charge is 0.134 e. The van der Waals surface area contributed by atoms with Crippen molar-refractivity contribution in [1.82, 2.24) is 0 Å². The van der Waals surface area contributed by atoms with Crippen LogP contribution in [0.1, 0.15) is 23.4 Å². The van der Waals surface area contributed by atoms with Gasteiger partial charge in [0.2, 0.25) is 0 Å². The monoisotopic (exact) mass is 378 g/mol. The molecule has 2 aromatic carbocycles. The van der Waals surface area contributed by atoms with Crippen molar-refractivity contribution in [2.45, 2.75) is 12.3 Å². The molecule has 6 heteroatoms. The lowest BCUT2D eigenvalue weighted by Crippen LogP contribution is -2.03. The molecule has 2 rings (SSSR count). The van der Waals surface area contributed by atoms with Crippen molar-refractivity contribution in [3.8, 4) is 5.75 Å². The number of hydrogen-bond donors (Lipinski definition) is 0. The lowest BCUT2D eigenvalue weighted by Gasteiger charge is -2.15. The maximum atomic E-state index is 13.8. The Hall–Kier alpha value is -1.20. The first-order valence-electron chi connectivity index (χ1n) is 6.14. The molecule has 0 heterocycles. The third kappa shape index (κ3) is 3.52. The van der Waals surface area contributed by atoms with Crippen LogP contribution in [-0.4, -0.2) is 6.61 Å². The fourth-order valence-electron chi connectivity index (χ4n) is 1.92. The van der Waals surface area contributed by atoms with E-state index in [1.165, 1.54) is 0 Å². The minimum atomic E-state index is -1.09. The highest BCUT2D eigenvalue weighted by atomic mass is 79.9. The number of ether oxygens (including phenoxy) is 1. The topological polar surface area (TPSA) is 9.23 Å². The highest BCUT2D eigenvalue weighted by molar-refractivity contribution is 9.10. The predicted octanol–water partition coefficient (Wildman–Crippen LogP) is 5.59. The minimum Gasteiger partial charge on any atom is -0.494 e. The summed E-state index contributed by atoms with van der Waals surface area (Å²) < 4.78 is 46.4. The minimum absolute atomic E-state index is 0.386. The van der Waals surface area contributed by atoms with Crippen LogP contribution in [0.3, 0.4) is 0 Å². The lowest BCUT2D eigenvalue weighted by atomic mass is 10.0. The molecule has 0 bridgehead atoms. The maximum absolute atomic E-state index is 13.8. The van der Waals surface area contributed by atoms with Crippen molar-refractivity contribution >= 4 is 27.5 Å². The van der Waals surface area contributed by atoms with Gasteiger partial charge in [0.05, 0.1) is 12.0 Å². The van der Waals surface area contributed by atoms with Crippen LogP contribution in [0.4, 0.5) is 13.2 Å². The van der Waals surface area contributed by atoms with Crippen molar-refractivity contribution in [2.24, 2.45) is 0 Å². The molecule has 0 fully saturated rings. The molecular formula is C15H11BrClF3O. The van der Waals surface area contributed by atoms with Crippen molar-refractivity contribution < 1.29 is 17.9 Å². The van der Waals surface area contributed by atoms with Gasteiger partial charge in [0, 0.05) is 22.2 Å². The molecule has 2 aromatic rings. The van der Waals surface area contributed by atoms with Crippen LogP contribution in [-0.2, 0) is 0 Å². The number of rotatable bonds is 4. The Kier molecular flexibility index (Phi) is 5.17. The standard InChI is InChI=1S/C15H11BrClF3O/c1-2-21-9-3-4-10(11(16)7-9)15(17)14-12(19)5-8(18)6-13(14)20/h3-7,15H,2H2,1H3. The predicted molar refractivity (Wildman–Crippen MR) is 79.3 cm³/mol. The Morgan fingerprint density at radius 3 is 2.29 bits per heavy atom. The molecule has 0 aliphatic heterocycles. The second-order valence-electron chi connectivity index (χ2n) is 4.26. The Balaban J connectivity index is 2.43. The number of benzene rings is 2. The summed E-state index contributed by atoms with van der Waals surface area (Å²) in [6.07, 6.45) is 0. The van der Waals surface area contributed by atoms with Gasteiger partial charge >= 0.3 is 0 Å². The molecule has 1 nitrogen and oxygen atoms in total. The Labute approximate surface area is 133 Å². The summed E-state index contributed by atoms with van der Waals surface area (Å²) in [6.45, 7) is 2.34. The van der Waals surface area contributed by atoms with E-state index in [0.29, 0.717) is 34.5 Å². The van der Waals surface area contributed by atoms with Crippen LogP contribution < -0.4 is 4.74 Å². The van der Waals surface area contributed by atoms with Crippen molar-refractivity contribution in [2.75, 3.05) is 6.61 Å². The van der Waals surface area contributed by atoms with Gasteiger partial charge in [-0.3, -0.25) is 0 Å². The van der Waals surface area contributed by atoms with Gasteiger partial charge in [0.15, 0.2) is 0 Å². The zero-order valence-electron chi connectivity index (χ0n) is 11.0. The molecule has 0 saturated heterocycles. The molecule has 0 spiro atoms. The zero-order valence-corrected chi connectivity index (χ0v) is 13.3. The first-order valence-corrected chi connectivity index (χ1v) is 7.37. The average molecular weight is 380 g/mol. The summed E-state index contributed by atoms with van der Waals surface area (Å²) >= 11 is 9.45. The van der Waals surface area contributed by atoms with Crippen molar-refractivity contribution in [3.63, 3.8) is 0 Å². The molecule has 1 unspecified atom stereocenters. The largest absolute Gasteiger partial charge is 0.494 e. The molecule has 1 atom stereocenters. The van der Waals surface area contributed by atoms with Gasteiger partial charge in [0.25, 0.3) is 0 Å². The highest BCUT2D eigenvalue weighted by Crippen LogP contribution is 2.38. The summed E-state index contributed by atoms with van der Waals surface area (Å²) in [4.78, 5) is 0. The van der Waals surface area contributed by atoms with E-state index in [1.807, 2.05) is 6.92 Å². The zero-order chi connectivity index (χ0) is 15.6. The van der Waals surface area contributed by atoms with Crippen LogP contribution in [0.15, 0.2) is 34.8 Å². The van der Waals surface area contributed by atoms with Crippen molar-refractivity contribution in [3.05, 3.63) is 63.4 Å². The van der Waals surface area contributed by atoms with Crippen LogP contribution in [0.5, 0.6) is 5.75 Å². The van der Waals surface area contributed by atoms with E-state index in [4.69, 9.17) is 16.3 Å². The maximum Gasteiger partial charge on any atom is 0.134 e. The first-order chi connectivity index (χ1) is 9.93. The van der Waals surface area contributed by atoms with Crippen LogP contribution in [0.2, 0.25) is 0 Å².